The lowest BCUT2D eigenvalue weighted by atomic mass is 10.1. The Bertz CT molecular complexity index is 329. The van der Waals surface area contributed by atoms with Crippen LogP contribution in [0, 0.1) is 11.6 Å². The van der Waals surface area contributed by atoms with Gasteiger partial charge in [-0.25, -0.2) is 8.78 Å². The van der Waals surface area contributed by atoms with E-state index < -0.39 is 5.82 Å². The first-order chi connectivity index (χ1) is 7.15. The summed E-state index contributed by atoms with van der Waals surface area (Å²) in [6.45, 7) is 0.903. The van der Waals surface area contributed by atoms with E-state index in [1.54, 1.807) is 0 Å². The Hall–Kier alpha value is -0.480. The first-order valence-corrected chi connectivity index (χ1v) is 5.72. The molecule has 0 aromatic heterocycles. The van der Waals surface area contributed by atoms with Crippen molar-refractivity contribution in [1.29, 1.82) is 0 Å². The predicted octanol–water partition coefficient (Wildman–Crippen LogP) is 3.27. The predicted molar refractivity (Wildman–Crippen MR) is 60.9 cm³/mol. The molecule has 1 aromatic carbocycles. The third-order valence-corrected chi connectivity index (χ3v) is 2.82. The van der Waals surface area contributed by atoms with Crippen molar-refractivity contribution in [2.24, 2.45) is 0 Å². The van der Waals surface area contributed by atoms with E-state index in [2.05, 4.69) is 21.2 Å². The Balaban J connectivity index is 2.57. The molecule has 0 aliphatic rings. The number of hydrogen-bond donors (Lipinski definition) is 1. The largest absolute Gasteiger partial charge is 0.320 e. The van der Waals surface area contributed by atoms with Crippen molar-refractivity contribution in [3.8, 4) is 0 Å². The zero-order valence-electron chi connectivity index (χ0n) is 8.62. The quantitative estimate of drug-likeness (QED) is 0.644. The van der Waals surface area contributed by atoms with E-state index in [1.807, 2.05) is 7.05 Å². The minimum atomic E-state index is -0.403. The van der Waals surface area contributed by atoms with Crippen LogP contribution >= 0.6 is 15.9 Å². The summed E-state index contributed by atoms with van der Waals surface area (Å²) in [5.41, 5.74) is 0.451. The molecule has 0 radical (unpaired) electrons. The Morgan fingerprint density at radius 3 is 2.60 bits per heavy atom. The Labute approximate surface area is 97.0 Å². The van der Waals surface area contributed by atoms with Crippen LogP contribution in [0.2, 0.25) is 0 Å². The smallest absolute Gasteiger partial charge is 0.137 e. The summed E-state index contributed by atoms with van der Waals surface area (Å²) >= 11 is 2.95. The molecule has 0 aliphatic carbocycles. The Morgan fingerprint density at radius 1 is 1.20 bits per heavy atom. The van der Waals surface area contributed by atoms with Crippen LogP contribution in [0.5, 0.6) is 0 Å². The van der Waals surface area contributed by atoms with E-state index in [4.69, 9.17) is 0 Å². The SMILES string of the molecule is CNCCCCc1cc(F)c(Br)cc1F. The number of hydrogen-bond acceptors (Lipinski definition) is 1. The standard InChI is InChI=1S/C11H14BrF2N/c1-15-5-3-2-4-8-6-11(14)9(12)7-10(8)13/h6-7,15H,2-5H2,1H3. The van der Waals surface area contributed by atoms with Crippen molar-refractivity contribution in [2.45, 2.75) is 19.3 Å². The summed E-state index contributed by atoms with van der Waals surface area (Å²) in [7, 11) is 1.87. The van der Waals surface area contributed by atoms with Crippen molar-refractivity contribution in [3.05, 3.63) is 33.8 Å². The molecule has 1 aromatic rings. The minimum absolute atomic E-state index is 0.180. The molecule has 0 heterocycles. The summed E-state index contributed by atoms with van der Waals surface area (Å²) in [4.78, 5) is 0. The number of benzene rings is 1. The van der Waals surface area contributed by atoms with Gasteiger partial charge >= 0.3 is 0 Å². The monoisotopic (exact) mass is 277 g/mol. The van der Waals surface area contributed by atoms with Crippen LogP contribution in [0.1, 0.15) is 18.4 Å². The van der Waals surface area contributed by atoms with Crippen LogP contribution in [-0.4, -0.2) is 13.6 Å². The number of aryl methyl sites for hydroxylation is 1. The van der Waals surface area contributed by atoms with Crippen LogP contribution in [0.15, 0.2) is 16.6 Å². The van der Waals surface area contributed by atoms with E-state index in [0.717, 1.165) is 19.4 Å². The fourth-order valence-electron chi connectivity index (χ4n) is 1.37. The molecule has 0 saturated heterocycles. The van der Waals surface area contributed by atoms with Crippen molar-refractivity contribution in [3.63, 3.8) is 0 Å². The molecule has 1 rings (SSSR count). The lowest BCUT2D eigenvalue weighted by Crippen LogP contribution is -2.07. The second kappa shape index (κ2) is 6.18. The van der Waals surface area contributed by atoms with Crippen molar-refractivity contribution in [2.75, 3.05) is 13.6 Å². The Morgan fingerprint density at radius 2 is 1.93 bits per heavy atom. The van der Waals surface area contributed by atoms with Crippen molar-refractivity contribution < 1.29 is 8.78 Å². The fourth-order valence-corrected chi connectivity index (χ4v) is 1.69. The van der Waals surface area contributed by atoms with Crippen LogP contribution in [0.4, 0.5) is 8.78 Å². The summed E-state index contributed by atoms with van der Waals surface area (Å²) in [6, 6.07) is 2.45. The summed E-state index contributed by atoms with van der Waals surface area (Å²) in [6.07, 6.45) is 2.41. The highest BCUT2D eigenvalue weighted by Crippen LogP contribution is 2.20. The number of unbranched alkanes of at least 4 members (excludes halogenated alkanes) is 1. The average Bonchev–Trinajstić information content (AvgIpc) is 2.20. The van der Waals surface area contributed by atoms with Crippen LogP contribution in [-0.2, 0) is 6.42 Å². The highest BCUT2D eigenvalue weighted by atomic mass is 79.9. The first kappa shape index (κ1) is 12.6. The number of rotatable bonds is 5. The van der Waals surface area contributed by atoms with Crippen LogP contribution < -0.4 is 5.32 Å². The molecule has 0 fully saturated rings. The van der Waals surface area contributed by atoms with Crippen molar-refractivity contribution >= 4 is 15.9 Å². The van der Waals surface area contributed by atoms with Gasteiger partial charge in [-0.2, -0.15) is 0 Å². The van der Waals surface area contributed by atoms with E-state index >= 15 is 0 Å². The molecule has 0 atom stereocenters. The molecule has 0 unspecified atom stereocenters. The molecule has 84 valence electrons. The van der Waals surface area contributed by atoms with E-state index in [9.17, 15) is 8.78 Å². The highest BCUT2D eigenvalue weighted by molar-refractivity contribution is 9.10. The van der Waals surface area contributed by atoms with Gasteiger partial charge in [-0.3, -0.25) is 0 Å². The molecule has 15 heavy (non-hydrogen) atoms. The van der Waals surface area contributed by atoms with E-state index in [-0.39, 0.29) is 10.3 Å². The number of nitrogens with one attached hydrogen (secondary N) is 1. The van der Waals surface area contributed by atoms with Gasteiger partial charge < -0.3 is 5.32 Å². The molecule has 4 heteroatoms. The zero-order valence-corrected chi connectivity index (χ0v) is 10.2. The van der Waals surface area contributed by atoms with E-state index in [1.165, 1.54) is 12.1 Å². The van der Waals surface area contributed by atoms with Gasteiger partial charge in [0.15, 0.2) is 0 Å². The van der Waals surface area contributed by atoms with Gasteiger partial charge in [0.2, 0.25) is 0 Å². The molecular formula is C11H14BrF2N. The van der Waals surface area contributed by atoms with E-state index in [0.29, 0.717) is 12.0 Å². The van der Waals surface area contributed by atoms with Gasteiger partial charge in [-0.15, -0.1) is 0 Å². The topological polar surface area (TPSA) is 12.0 Å². The third kappa shape index (κ3) is 3.87. The second-order valence-electron chi connectivity index (χ2n) is 3.42. The summed E-state index contributed by atoms with van der Waals surface area (Å²) in [5, 5.41) is 3.01. The fraction of sp³-hybridized carbons (Fsp3) is 0.455. The lowest BCUT2D eigenvalue weighted by Gasteiger charge is -2.04. The van der Waals surface area contributed by atoms with Crippen molar-refractivity contribution in [1.82, 2.24) is 5.32 Å². The van der Waals surface area contributed by atoms with Gasteiger partial charge in [0.1, 0.15) is 11.6 Å². The third-order valence-electron chi connectivity index (χ3n) is 2.21. The minimum Gasteiger partial charge on any atom is -0.320 e. The zero-order chi connectivity index (χ0) is 11.3. The summed E-state index contributed by atoms with van der Waals surface area (Å²) < 4.78 is 26.6. The molecule has 1 N–H and O–H groups in total. The molecule has 0 bridgehead atoms. The second-order valence-corrected chi connectivity index (χ2v) is 4.27. The maximum absolute atomic E-state index is 13.3. The Kier molecular flexibility index (Phi) is 5.19. The number of halogens is 3. The van der Waals surface area contributed by atoms with Gasteiger partial charge in [0.05, 0.1) is 4.47 Å². The molecule has 0 spiro atoms. The van der Waals surface area contributed by atoms with Crippen LogP contribution in [0.25, 0.3) is 0 Å². The molecule has 0 saturated carbocycles. The summed E-state index contributed by atoms with van der Waals surface area (Å²) in [5.74, 6) is -0.743. The average molecular weight is 278 g/mol. The maximum Gasteiger partial charge on any atom is 0.137 e. The lowest BCUT2D eigenvalue weighted by molar-refractivity contribution is 0.571. The van der Waals surface area contributed by atoms with Gasteiger partial charge in [0, 0.05) is 0 Å². The first-order valence-electron chi connectivity index (χ1n) is 4.93. The highest BCUT2D eigenvalue weighted by Gasteiger charge is 2.07. The molecule has 0 amide bonds. The maximum atomic E-state index is 13.3. The van der Waals surface area contributed by atoms with Gasteiger partial charge in [-0.05, 0) is 66.5 Å². The molecular weight excluding hydrogens is 264 g/mol. The normalized spacial score (nSPS) is 10.7. The van der Waals surface area contributed by atoms with Gasteiger partial charge in [0.25, 0.3) is 0 Å². The molecule has 0 aliphatic heterocycles. The van der Waals surface area contributed by atoms with Crippen LogP contribution in [0.3, 0.4) is 0 Å². The molecule has 1 nitrogen and oxygen atoms in total. The van der Waals surface area contributed by atoms with Gasteiger partial charge in [-0.1, -0.05) is 0 Å².